The number of carbonyl (C=O) groups is 1. The molecule has 20 heavy (non-hydrogen) atoms. The molecular formula is C13H16N4O3. The number of rotatable bonds is 7. The molecule has 1 amide bonds. The molecule has 0 spiro atoms. The molecule has 0 bridgehead atoms. The van der Waals surface area contributed by atoms with E-state index >= 15 is 0 Å². The van der Waals surface area contributed by atoms with Crippen molar-refractivity contribution in [3.63, 3.8) is 0 Å². The van der Waals surface area contributed by atoms with Gasteiger partial charge in [-0.05, 0) is 12.1 Å². The van der Waals surface area contributed by atoms with Crippen molar-refractivity contribution in [3.05, 3.63) is 36.5 Å². The molecule has 0 aliphatic heterocycles. The van der Waals surface area contributed by atoms with E-state index in [1.165, 1.54) is 6.39 Å². The third-order valence-electron chi connectivity index (χ3n) is 2.53. The summed E-state index contributed by atoms with van der Waals surface area (Å²) in [5.74, 6) is 1.14. The number of amides is 1. The van der Waals surface area contributed by atoms with Crippen LogP contribution in [0.4, 0.5) is 5.69 Å². The van der Waals surface area contributed by atoms with Gasteiger partial charge >= 0.3 is 0 Å². The van der Waals surface area contributed by atoms with Gasteiger partial charge in [-0.15, -0.1) is 0 Å². The molecule has 1 aromatic carbocycles. The fourth-order valence-electron chi connectivity index (χ4n) is 1.57. The number of hydrogen-bond donors (Lipinski definition) is 2. The van der Waals surface area contributed by atoms with Crippen LogP contribution in [-0.4, -0.2) is 29.2 Å². The fourth-order valence-corrected chi connectivity index (χ4v) is 1.57. The number of carbonyl (C=O) groups excluding carboxylic acids is 1. The van der Waals surface area contributed by atoms with Crippen LogP contribution in [0.2, 0.25) is 0 Å². The number of anilines is 1. The van der Waals surface area contributed by atoms with Crippen molar-refractivity contribution in [2.24, 2.45) is 0 Å². The minimum absolute atomic E-state index is 0.0857. The van der Waals surface area contributed by atoms with Crippen molar-refractivity contribution in [2.75, 3.05) is 18.9 Å². The zero-order valence-corrected chi connectivity index (χ0v) is 10.9. The molecule has 0 saturated heterocycles. The van der Waals surface area contributed by atoms with E-state index < -0.39 is 0 Å². The number of benzene rings is 1. The van der Waals surface area contributed by atoms with E-state index in [2.05, 4.69) is 20.0 Å². The number of hydrogen-bond acceptors (Lipinski definition) is 6. The highest BCUT2D eigenvalue weighted by atomic mass is 16.5. The van der Waals surface area contributed by atoms with E-state index in [9.17, 15) is 4.79 Å². The maximum Gasteiger partial charge on any atom is 0.223 e. The quantitative estimate of drug-likeness (QED) is 0.724. The first-order valence-electron chi connectivity index (χ1n) is 6.24. The monoisotopic (exact) mass is 276 g/mol. The van der Waals surface area contributed by atoms with Crippen LogP contribution in [0.25, 0.3) is 0 Å². The Morgan fingerprint density at radius 1 is 1.45 bits per heavy atom. The lowest BCUT2D eigenvalue weighted by Crippen LogP contribution is -2.27. The lowest BCUT2D eigenvalue weighted by molar-refractivity contribution is -0.121. The number of aromatic nitrogens is 2. The Morgan fingerprint density at radius 2 is 2.35 bits per heavy atom. The summed E-state index contributed by atoms with van der Waals surface area (Å²) in [6.07, 6.45) is 2.08. The van der Waals surface area contributed by atoms with Gasteiger partial charge in [-0.3, -0.25) is 4.79 Å². The topological polar surface area (TPSA) is 103 Å². The van der Waals surface area contributed by atoms with E-state index in [4.69, 9.17) is 10.5 Å². The molecule has 1 aromatic heterocycles. The van der Waals surface area contributed by atoms with Gasteiger partial charge in [0.1, 0.15) is 5.75 Å². The standard InChI is InChI=1S/C13H16N4O3/c14-10-2-1-3-11(8-10)19-7-5-13(18)15-6-4-12-16-9-20-17-12/h1-3,8-9H,4-7,14H2,(H,15,18). The predicted molar refractivity (Wildman–Crippen MR) is 72.0 cm³/mol. The van der Waals surface area contributed by atoms with Crippen molar-refractivity contribution in [1.82, 2.24) is 15.5 Å². The molecule has 2 rings (SSSR count). The number of nitrogen functional groups attached to an aromatic ring is 1. The Bertz CT molecular complexity index is 542. The van der Waals surface area contributed by atoms with Crippen LogP contribution in [0, 0.1) is 0 Å². The molecular weight excluding hydrogens is 260 g/mol. The van der Waals surface area contributed by atoms with Gasteiger partial charge in [0, 0.05) is 24.7 Å². The molecule has 1 heterocycles. The number of nitrogens with one attached hydrogen (secondary N) is 1. The SMILES string of the molecule is Nc1cccc(OCCC(=O)NCCc2ncon2)c1. The first-order chi connectivity index (χ1) is 9.74. The third kappa shape index (κ3) is 4.60. The second-order valence-corrected chi connectivity index (χ2v) is 4.12. The van der Waals surface area contributed by atoms with Crippen LogP contribution >= 0.6 is 0 Å². The fraction of sp³-hybridized carbons (Fsp3) is 0.308. The van der Waals surface area contributed by atoms with Gasteiger partial charge in [-0.1, -0.05) is 11.2 Å². The second-order valence-electron chi connectivity index (χ2n) is 4.12. The van der Waals surface area contributed by atoms with Gasteiger partial charge in [-0.25, -0.2) is 0 Å². The summed E-state index contributed by atoms with van der Waals surface area (Å²) in [7, 11) is 0. The van der Waals surface area contributed by atoms with E-state index in [0.717, 1.165) is 0 Å². The molecule has 3 N–H and O–H groups in total. The molecule has 0 aliphatic carbocycles. The van der Waals surface area contributed by atoms with E-state index in [0.29, 0.717) is 36.8 Å². The van der Waals surface area contributed by atoms with E-state index in [1.807, 2.05) is 0 Å². The van der Waals surface area contributed by atoms with E-state index in [-0.39, 0.29) is 12.3 Å². The first kappa shape index (κ1) is 13.9. The molecule has 106 valence electrons. The summed E-state index contributed by atoms with van der Waals surface area (Å²) in [5, 5.41) is 6.40. The molecule has 0 aliphatic rings. The summed E-state index contributed by atoms with van der Waals surface area (Å²) in [5.41, 5.74) is 6.26. The van der Waals surface area contributed by atoms with Gasteiger partial charge in [0.25, 0.3) is 0 Å². The average molecular weight is 276 g/mol. The van der Waals surface area contributed by atoms with Gasteiger partial charge in [0.05, 0.1) is 13.0 Å². The number of ether oxygens (including phenoxy) is 1. The van der Waals surface area contributed by atoms with Crippen molar-refractivity contribution in [1.29, 1.82) is 0 Å². The molecule has 7 heteroatoms. The molecule has 2 aromatic rings. The molecule has 0 saturated carbocycles. The number of nitrogens with two attached hydrogens (primary N) is 1. The van der Waals surface area contributed by atoms with Crippen molar-refractivity contribution in [3.8, 4) is 5.75 Å². The smallest absolute Gasteiger partial charge is 0.223 e. The average Bonchev–Trinajstić information content (AvgIpc) is 2.92. The zero-order chi connectivity index (χ0) is 14.2. The Hall–Kier alpha value is -2.57. The first-order valence-corrected chi connectivity index (χ1v) is 6.24. The molecule has 0 atom stereocenters. The Labute approximate surface area is 116 Å². The highest BCUT2D eigenvalue weighted by molar-refractivity contribution is 5.75. The Morgan fingerprint density at radius 3 is 3.10 bits per heavy atom. The van der Waals surface area contributed by atoms with Crippen LogP contribution in [0.3, 0.4) is 0 Å². The molecule has 0 radical (unpaired) electrons. The van der Waals surface area contributed by atoms with Crippen LogP contribution < -0.4 is 15.8 Å². The third-order valence-corrected chi connectivity index (χ3v) is 2.53. The van der Waals surface area contributed by atoms with Crippen LogP contribution in [0.1, 0.15) is 12.2 Å². The van der Waals surface area contributed by atoms with Crippen molar-refractivity contribution < 1.29 is 14.1 Å². The lowest BCUT2D eigenvalue weighted by Gasteiger charge is -2.07. The Kier molecular flexibility index (Phi) is 4.94. The van der Waals surface area contributed by atoms with Crippen LogP contribution in [0.15, 0.2) is 35.2 Å². The van der Waals surface area contributed by atoms with Crippen LogP contribution in [0.5, 0.6) is 5.75 Å². The maximum absolute atomic E-state index is 11.5. The van der Waals surface area contributed by atoms with Gasteiger partial charge in [-0.2, -0.15) is 4.98 Å². The number of nitrogens with zero attached hydrogens (tertiary/aromatic N) is 2. The van der Waals surface area contributed by atoms with Gasteiger partial charge in [0.15, 0.2) is 5.82 Å². The summed E-state index contributed by atoms with van der Waals surface area (Å²) in [6.45, 7) is 0.772. The minimum atomic E-state index is -0.0857. The molecule has 0 unspecified atom stereocenters. The second kappa shape index (κ2) is 7.13. The minimum Gasteiger partial charge on any atom is -0.493 e. The maximum atomic E-state index is 11.5. The summed E-state index contributed by atoms with van der Waals surface area (Å²) >= 11 is 0. The molecule has 0 fully saturated rings. The largest absolute Gasteiger partial charge is 0.493 e. The highest BCUT2D eigenvalue weighted by Crippen LogP contribution is 2.14. The summed E-state index contributed by atoms with van der Waals surface area (Å²) in [4.78, 5) is 15.4. The van der Waals surface area contributed by atoms with Gasteiger partial charge in [0.2, 0.25) is 12.3 Å². The van der Waals surface area contributed by atoms with E-state index in [1.54, 1.807) is 24.3 Å². The van der Waals surface area contributed by atoms with Gasteiger partial charge < -0.3 is 20.3 Å². The summed E-state index contributed by atoms with van der Waals surface area (Å²) in [6, 6.07) is 7.09. The summed E-state index contributed by atoms with van der Waals surface area (Å²) < 4.78 is 10.0. The van der Waals surface area contributed by atoms with Crippen molar-refractivity contribution in [2.45, 2.75) is 12.8 Å². The zero-order valence-electron chi connectivity index (χ0n) is 10.9. The highest BCUT2D eigenvalue weighted by Gasteiger charge is 2.03. The van der Waals surface area contributed by atoms with Crippen molar-refractivity contribution >= 4 is 11.6 Å². The molecule has 7 nitrogen and oxygen atoms in total. The predicted octanol–water partition coefficient (Wildman–Crippen LogP) is 0.780. The van der Waals surface area contributed by atoms with Crippen LogP contribution in [-0.2, 0) is 11.2 Å². The normalized spacial score (nSPS) is 10.2. The lowest BCUT2D eigenvalue weighted by atomic mass is 10.3. The Balaban J connectivity index is 1.60.